The molecule has 0 aliphatic rings. The van der Waals surface area contributed by atoms with Crippen LogP contribution < -0.4 is 10.6 Å². The first-order valence-corrected chi connectivity index (χ1v) is 6.61. The van der Waals surface area contributed by atoms with E-state index in [4.69, 9.17) is 22.4 Å². The highest BCUT2D eigenvalue weighted by atomic mass is 79.9. The Hall–Kier alpha value is -1.33. The van der Waals surface area contributed by atoms with Crippen LogP contribution in [0, 0.1) is 0 Å². The summed E-state index contributed by atoms with van der Waals surface area (Å²) in [5, 5.41) is 0. The summed E-state index contributed by atoms with van der Waals surface area (Å²) in [6, 6.07) is 9.67. The molecule has 0 bridgehead atoms. The molecule has 0 aliphatic carbocycles. The van der Waals surface area contributed by atoms with Gasteiger partial charge in [0.1, 0.15) is 10.7 Å². The maximum absolute atomic E-state index is 5.60. The monoisotopic (exact) mass is 324 g/mol. The Labute approximate surface area is 120 Å². The zero-order valence-corrected chi connectivity index (χ0v) is 12.3. The highest BCUT2D eigenvalue weighted by Crippen LogP contribution is 2.27. The molecule has 94 valence electrons. The second kappa shape index (κ2) is 5.54. The Bertz CT molecular complexity index is 554. The summed E-state index contributed by atoms with van der Waals surface area (Å²) >= 11 is 8.49. The largest absolute Gasteiger partial charge is 0.467 e. The molecule has 0 unspecified atom stereocenters. The number of thiocarbonyl (C=S) groups is 1. The highest BCUT2D eigenvalue weighted by molar-refractivity contribution is 9.10. The molecule has 5 heteroatoms. The Morgan fingerprint density at radius 1 is 1.44 bits per heavy atom. The second-order valence-electron chi connectivity index (χ2n) is 3.97. The van der Waals surface area contributed by atoms with E-state index in [-0.39, 0.29) is 0 Å². The number of hydrogen-bond acceptors (Lipinski definition) is 3. The van der Waals surface area contributed by atoms with Crippen LogP contribution in [0.15, 0.2) is 45.5 Å². The van der Waals surface area contributed by atoms with Gasteiger partial charge < -0.3 is 15.1 Å². The Morgan fingerprint density at radius 3 is 2.78 bits per heavy atom. The van der Waals surface area contributed by atoms with E-state index in [2.05, 4.69) is 20.8 Å². The van der Waals surface area contributed by atoms with E-state index < -0.39 is 0 Å². The van der Waals surface area contributed by atoms with Gasteiger partial charge in [-0.05, 0) is 46.3 Å². The molecule has 0 saturated heterocycles. The molecule has 0 atom stereocenters. The number of furan rings is 1. The summed E-state index contributed by atoms with van der Waals surface area (Å²) in [7, 11) is 2.00. The van der Waals surface area contributed by atoms with Gasteiger partial charge in [-0.1, -0.05) is 12.2 Å². The average Bonchev–Trinajstić information content (AvgIpc) is 2.81. The summed E-state index contributed by atoms with van der Waals surface area (Å²) in [6.07, 6.45) is 1.67. The Balaban J connectivity index is 2.20. The van der Waals surface area contributed by atoms with Crippen LogP contribution in [0.1, 0.15) is 11.3 Å². The molecular formula is C13H13BrN2OS. The van der Waals surface area contributed by atoms with Gasteiger partial charge in [-0.15, -0.1) is 0 Å². The van der Waals surface area contributed by atoms with E-state index in [0.29, 0.717) is 11.5 Å². The first-order chi connectivity index (χ1) is 8.58. The van der Waals surface area contributed by atoms with E-state index in [0.717, 1.165) is 21.5 Å². The molecule has 1 aromatic heterocycles. The van der Waals surface area contributed by atoms with Gasteiger partial charge >= 0.3 is 0 Å². The molecule has 0 amide bonds. The quantitative estimate of drug-likeness (QED) is 0.876. The minimum atomic E-state index is 0.399. The molecule has 0 spiro atoms. The fraction of sp³-hybridized carbons (Fsp3) is 0.154. The number of benzene rings is 1. The van der Waals surface area contributed by atoms with Crippen LogP contribution in [0.25, 0.3) is 0 Å². The summed E-state index contributed by atoms with van der Waals surface area (Å²) < 4.78 is 6.29. The third-order valence-electron chi connectivity index (χ3n) is 2.62. The molecule has 2 N–H and O–H groups in total. The maximum atomic E-state index is 5.60. The molecule has 0 saturated carbocycles. The zero-order chi connectivity index (χ0) is 13.1. The average molecular weight is 325 g/mol. The van der Waals surface area contributed by atoms with Crippen molar-refractivity contribution in [2.75, 3.05) is 11.9 Å². The van der Waals surface area contributed by atoms with Gasteiger partial charge in [-0.2, -0.15) is 0 Å². The van der Waals surface area contributed by atoms with Gasteiger partial charge in [0.25, 0.3) is 0 Å². The van der Waals surface area contributed by atoms with Crippen LogP contribution in [-0.4, -0.2) is 12.0 Å². The zero-order valence-electron chi connectivity index (χ0n) is 9.89. The van der Waals surface area contributed by atoms with E-state index in [1.165, 1.54) is 0 Å². The van der Waals surface area contributed by atoms with Crippen LogP contribution >= 0.6 is 28.1 Å². The van der Waals surface area contributed by atoms with Crippen molar-refractivity contribution in [1.29, 1.82) is 0 Å². The Kier molecular flexibility index (Phi) is 4.04. The highest BCUT2D eigenvalue weighted by Gasteiger charge is 2.09. The van der Waals surface area contributed by atoms with Gasteiger partial charge in [-0.3, -0.25) is 0 Å². The number of nitrogens with zero attached hydrogens (tertiary/aromatic N) is 1. The van der Waals surface area contributed by atoms with Crippen molar-refractivity contribution in [2.45, 2.75) is 6.54 Å². The van der Waals surface area contributed by atoms with E-state index in [1.54, 1.807) is 6.26 Å². The lowest BCUT2D eigenvalue weighted by Crippen LogP contribution is -2.17. The molecule has 1 aromatic carbocycles. The molecule has 2 rings (SSSR count). The van der Waals surface area contributed by atoms with Crippen molar-refractivity contribution in [3.63, 3.8) is 0 Å². The van der Waals surface area contributed by atoms with Crippen LogP contribution in [-0.2, 0) is 6.54 Å². The third-order valence-corrected chi connectivity index (χ3v) is 3.49. The van der Waals surface area contributed by atoms with Crippen molar-refractivity contribution in [3.05, 3.63) is 52.4 Å². The van der Waals surface area contributed by atoms with E-state index in [1.807, 2.05) is 37.4 Å². The predicted molar refractivity (Wildman–Crippen MR) is 80.8 cm³/mol. The summed E-state index contributed by atoms with van der Waals surface area (Å²) in [6.45, 7) is 0.706. The number of anilines is 1. The van der Waals surface area contributed by atoms with Crippen LogP contribution in [0.3, 0.4) is 0 Å². The Morgan fingerprint density at radius 2 is 2.22 bits per heavy atom. The molecule has 18 heavy (non-hydrogen) atoms. The molecular weight excluding hydrogens is 312 g/mol. The molecule has 1 heterocycles. The fourth-order valence-electron chi connectivity index (χ4n) is 1.69. The standard InChI is InChI=1S/C13H13BrN2OS/c1-16(8-10-3-2-6-17-10)12-5-4-9(13(15)18)7-11(12)14/h2-7H,8H2,1H3,(H2,15,18). The molecule has 2 aromatic rings. The van der Waals surface area contributed by atoms with Gasteiger partial charge in [-0.25, -0.2) is 0 Å². The van der Waals surface area contributed by atoms with Crippen molar-refractivity contribution < 1.29 is 4.42 Å². The van der Waals surface area contributed by atoms with E-state index in [9.17, 15) is 0 Å². The van der Waals surface area contributed by atoms with Crippen molar-refractivity contribution in [1.82, 2.24) is 0 Å². The lowest BCUT2D eigenvalue weighted by Gasteiger charge is -2.20. The van der Waals surface area contributed by atoms with Gasteiger partial charge in [0.15, 0.2) is 0 Å². The molecule has 0 fully saturated rings. The smallest absolute Gasteiger partial charge is 0.123 e. The summed E-state index contributed by atoms with van der Waals surface area (Å²) in [4.78, 5) is 2.49. The van der Waals surface area contributed by atoms with Crippen LogP contribution in [0.5, 0.6) is 0 Å². The number of rotatable bonds is 4. The van der Waals surface area contributed by atoms with Crippen LogP contribution in [0.4, 0.5) is 5.69 Å². The molecule has 0 aliphatic heterocycles. The maximum Gasteiger partial charge on any atom is 0.123 e. The van der Waals surface area contributed by atoms with Gasteiger partial charge in [0, 0.05) is 17.1 Å². The number of nitrogens with two attached hydrogens (primary N) is 1. The number of hydrogen-bond donors (Lipinski definition) is 1. The van der Waals surface area contributed by atoms with Crippen molar-refractivity contribution in [3.8, 4) is 0 Å². The second-order valence-corrected chi connectivity index (χ2v) is 5.26. The number of halogens is 1. The molecule has 0 radical (unpaired) electrons. The summed E-state index contributed by atoms with van der Waals surface area (Å²) in [5.41, 5.74) is 7.52. The first-order valence-electron chi connectivity index (χ1n) is 5.41. The fourth-order valence-corrected chi connectivity index (χ4v) is 2.50. The normalized spacial score (nSPS) is 10.3. The predicted octanol–water partition coefficient (Wildman–Crippen LogP) is 3.31. The van der Waals surface area contributed by atoms with Crippen molar-refractivity contribution >= 4 is 38.8 Å². The topological polar surface area (TPSA) is 42.4 Å². The van der Waals surface area contributed by atoms with Gasteiger partial charge in [0.05, 0.1) is 18.5 Å². The minimum Gasteiger partial charge on any atom is -0.467 e. The third kappa shape index (κ3) is 2.91. The van der Waals surface area contributed by atoms with Crippen LogP contribution in [0.2, 0.25) is 0 Å². The first kappa shape index (κ1) is 13.1. The van der Waals surface area contributed by atoms with E-state index >= 15 is 0 Å². The minimum absolute atomic E-state index is 0.399. The summed E-state index contributed by atoms with van der Waals surface area (Å²) in [5.74, 6) is 0.919. The van der Waals surface area contributed by atoms with Crippen molar-refractivity contribution in [2.24, 2.45) is 5.73 Å². The lowest BCUT2D eigenvalue weighted by atomic mass is 10.2. The SMILES string of the molecule is CN(Cc1ccco1)c1ccc(C(N)=S)cc1Br. The molecule has 3 nitrogen and oxygen atoms in total. The lowest BCUT2D eigenvalue weighted by molar-refractivity contribution is 0.507. The van der Waals surface area contributed by atoms with Gasteiger partial charge in [0.2, 0.25) is 0 Å².